The second-order valence-electron chi connectivity index (χ2n) is 3.97. The Balaban J connectivity index is 2.59. The van der Waals surface area contributed by atoms with E-state index in [-0.39, 0.29) is 18.5 Å². The van der Waals surface area contributed by atoms with Crippen LogP contribution in [0.15, 0.2) is 11.4 Å². The number of amides is 1. The Hall–Kier alpha value is -1.40. The lowest BCUT2D eigenvalue weighted by atomic mass is 10.3. The van der Waals surface area contributed by atoms with E-state index >= 15 is 0 Å². The Morgan fingerprint density at radius 1 is 1.44 bits per heavy atom. The lowest BCUT2D eigenvalue weighted by Crippen LogP contribution is -2.32. The van der Waals surface area contributed by atoms with Crippen molar-refractivity contribution in [3.05, 3.63) is 17.0 Å². The number of anilines is 1. The van der Waals surface area contributed by atoms with Crippen LogP contribution in [0.25, 0.3) is 0 Å². The van der Waals surface area contributed by atoms with Gasteiger partial charge in [0.25, 0.3) is 0 Å². The molecule has 2 N–H and O–H groups in total. The Morgan fingerprint density at radius 2 is 2.17 bits per heavy atom. The SMILES string of the molecule is CCOC(=O)c1ccsc1NC(=O)CNC(C)C. The normalized spacial score (nSPS) is 10.4. The van der Waals surface area contributed by atoms with Crippen LogP contribution in [0.1, 0.15) is 31.1 Å². The minimum absolute atomic E-state index is 0.170. The minimum Gasteiger partial charge on any atom is -0.462 e. The first-order valence-corrected chi connectivity index (χ1v) is 6.70. The van der Waals surface area contributed by atoms with Gasteiger partial charge in [-0.2, -0.15) is 0 Å². The van der Waals surface area contributed by atoms with Crippen LogP contribution < -0.4 is 10.6 Å². The molecule has 0 aromatic carbocycles. The number of hydrogen-bond acceptors (Lipinski definition) is 5. The summed E-state index contributed by atoms with van der Waals surface area (Å²) < 4.78 is 4.91. The average molecular weight is 270 g/mol. The number of hydrogen-bond donors (Lipinski definition) is 2. The van der Waals surface area contributed by atoms with Crippen LogP contribution >= 0.6 is 11.3 Å². The molecule has 0 saturated carbocycles. The van der Waals surface area contributed by atoms with Crippen molar-refractivity contribution in [1.82, 2.24) is 5.32 Å². The maximum Gasteiger partial charge on any atom is 0.341 e. The smallest absolute Gasteiger partial charge is 0.341 e. The Labute approximate surface area is 111 Å². The maximum absolute atomic E-state index is 11.6. The van der Waals surface area contributed by atoms with Crippen molar-refractivity contribution in [3.8, 4) is 0 Å². The van der Waals surface area contributed by atoms with E-state index in [0.29, 0.717) is 17.2 Å². The van der Waals surface area contributed by atoms with E-state index in [1.807, 2.05) is 13.8 Å². The first kappa shape index (κ1) is 14.7. The van der Waals surface area contributed by atoms with Gasteiger partial charge < -0.3 is 15.4 Å². The molecule has 0 saturated heterocycles. The molecule has 0 spiro atoms. The molecule has 1 heterocycles. The lowest BCUT2D eigenvalue weighted by Gasteiger charge is -2.09. The van der Waals surface area contributed by atoms with Gasteiger partial charge in [-0.25, -0.2) is 4.79 Å². The van der Waals surface area contributed by atoms with Crippen LogP contribution in [0.4, 0.5) is 5.00 Å². The van der Waals surface area contributed by atoms with Gasteiger partial charge in [0.2, 0.25) is 5.91 Å². The molecule has 18 heavy (non-hydrogen) atoms. The van der Waals surface area contributed by atoms with Crippen molar-refractivity contribution < 1.29 is 14.3 Å². The second kappa shape index (κ2) is 7.13. The van der Waals surface area contributed by atoms with Crippen molar-refractivity contribution in [3.63, 3.8) is 0 Å². The highest BCUT2D eigenvalue weighted by atomic mass is 32.1. The van der Waals surface area contributed by atoms with Crippen LogP contribution in [0, 0.1) is 0 Å². The first-order valence-electron chi connectivity index (χ1n) is 5.82. The highest BCUT2D eigenvalue weighted by Crippen LogP contribution is 2.23. The average Bonchev–Trinajstić information content (AvgIpc) is 2.75. The summed E-state index contributed by atoms with van der Waals surface area (Å²) in [6.45, 7) is 6.20. The third kappa shape index (κ3) is 4.46. The summed E-state index contributed by atoms with van der Waals surface area (Å²) in [5, 5.41) is 7.99. The van der Waals surface area contributed by atoms with Crippen molar-refractivity contribution in [2.75, 3.05) is 18.5 Å². The van der Waals surface area contributed by atoms with Gasteiger partial charge in [-0.15, -0.1) is 11.3 Å². The summed E-state index contributed by atoms with van der Waals surface area (Å²) in [5.41, 5.74) is 0.403. The molecule has 0 aliphatic heterocycles. The third-order valence-electron chi connectivity index (χ3n) is 2.08. The molecular formula is C12H18N2O3S. The Kier molecular flexibility index (Phi) is 5.80. The van der Waals surface area contributed by atoms with Crippen molar-refractivity contribution in [2.24, 2.45) is 0 Å². The Bertz CT molecular complexity index is 415. The summed E-state index contributed by atoms with van der Waals surface area (Å²) >= 11 is 1.31. The standard InChI is InChI=1S/C12H18N2O3S/c1-4-17-12(16)9-5-6-18-11(9)14-10(15)7-13-8(2)3/h5-6,8,13H,4,7H2,1-3H3,(H,14,15). The molecule has 0 fully saturated rings. The summed E-state index contributed by atoms with van der Waals surface area (Å²) in [6.07, 6.45) is 0. The number of carbonyl (C=O) groups excluding carboxylic acids is 2. The molecule has 0 unspecified atom stereocenters. The molecule has 100 valence electrons. The van der Waals surface area contributed by atoms with E-state index in [1.165, 1.54) is 11.3 Å². The van der Waals surface area contributed by atoms with E-state index in [4.69, 9.17) is 4.74 Å². The van der Waals surface area contributed by atoms with Gasteiger partial charge in [0.15, 0.2) is 0 Å². The summed E-state index contributed by atoms with van der Waals surface area (Å²) in [5.74, 6) is -0.581. The molecule has 1 amide bonds. The van der Waals surface area contributed by atoms with Crippen molar-refractivity contribution in [1.29, 1.82) is 0 Å². The van der Waals surface area contributed by atoms with Crippen molar-refractivity contribution >= 4 is 28.2 Å². The zero-order valence-corrected chi connectivity index (χ0v) is 11.6. The van der Waals surface area contributed by atoms with Gasteiger partial charge in [0, 0.05) is 6.04 Å². The van der Waals surface area contributed by atoms with E-state index in [2.05, 4.69) is 10.6 Å². The van der Waals surface area contributed by atoms with E-state index in [9.17, 15) is 9.59 Å². The second-order valence-corrected chi connectivity index (χ2v) is 4.88. The number of thiophene rings is 1. The van der Waals surface area contributed by atoms with Gasteiger partial charge in [-0.05, 0) is 18.4 Å². The quantitative estimate of drug-likeness (QED) is 0.774. The minimum atomic E-state index is -0.411. The van der Waals surface area contributed by atoms with Crippen LogP contribution in [0.5, 0.6) is 0 Å². The molecule has 0 atom stereocenters. The largest absolute Gasteiger partial charge is 0.462 e. The molecule has 0 bridgehead atoms. The van der Waals surface area contributed by atoms with Crippen LogP contribution in [-0.4, -0.2) is 31.1 Å². The molecule has 0 aliphatic carbocycles. The predicted molar refractivity (Wildman–Crippen MR) is 72.0 cm³/mol. The molecule has 1 rings (SSSR count). The van der Waals surface area contributed by atoms with E-state index in [0.717, 1.165) is 0 Å². The number of esters is 1. The molecule has 1 aromatic heterocycles. The highest BCUT2D eigenvalue weighted by molar-refractivity contribution is 7.14. The van der Waals surface area contributed by atoms with Gasteiger partial charge in [-0.1, -0.05) is 13.8 Å². The first-order chi connectivity index (χ1) is 8.54. The molecular weight excluding hydrogens is 252 g/mol. The fourth-order valence-corrected chi connectivity index (χ4v) is 2.03. The third-order valence-corrected chi connectivity index (χ3v) is 2.91. The molecule has 0 aliphatic rings. The Morgan fingerprint density at radius 3 is 2.78 bits per heavy atom. The monoisotopic (exact) mass is 270 g/mol. The zero-order valence-electron chi connectivity index (χ0n) is 10.8. The fourth-order valence-electron chi connectivity index (χ4n) is 1.24. The lowest BCUT2D eigenvalue weighted by molar-refractivity contribution is -0.115. The highest BCUT2D eigenvalue weighted by Gasteiger charge is 2.15. The summed E-state index contributed by atoms with van der Waals surface area (Å²) in [4.78, 5) is 23.2. The predicted octanol–water partition coefficient (Wildman–Crippen LogP) is 1.86. The van der Waals surface area contributed by atoms with Crippen LogP contribution in [0.3, 0.4) is 0 Å². The molecule has 1 aromatic rings. The van der Waals surface area contributed by atoms with Crippen molar-refractivity contribution in [2.45, 2.75) is 26.8 Å². The van der Waals surface area contributed by atoms with Crippen LogP contribution in [0.2, 0.25) is 0 Å². The number of ether oxygens (including phenoxy) is 1. The molecule has 5 nitrogen and oxygen atoms in total. The van der Waals surface area contributed by atoms with E-state index < -0.39 is 5.97 Å². The maximum atomic E-state index is 11.6. The molecule has 6 heteroatoms. The zero-order chi connectivity index (χ0) is 13.5. The molecule has 0 radical (unpaired) electrons. The topological polar surface area (TPSA) is 67.4 Å². The number of carbonyl (C=O) groups is 2. The van der Waals surface area contributed by atoms with Crippen LogP contribution in [-0.2, 0) is 9.53 Å². The fraction of sp³-hybridized carbons (Fsp3) is 0.500. The van der Waals surface area contributed by atoms with Gasteiger partial charge in [0.05, 0.1) is 18.7 Å². The van der Waals surface area contributed by atoms with Gasteiger partial charge in [0.1, 0.15) is 5.00 Å². The van der Waals surface area contributed by atoms with Gasteiger partial charge in [-0.3, -0.25) is 4.79 Å². The van der Waals surface area contributed by atoms with Gasteiger partial charge >= 0.3 is 5.97 Å². The number of rotatable bonds is 6. The number of nitrogens with one attached hydrogen (secondary N) is 2. The summed E-state index contributed by atoms with van der Waals surface area (Å²) in [7, 11) is 0. The van der Waals surface area contributed by atoms with E-state index in [1.54, 1.807) is 18.4 Å². The summed E-state index contributed by atoms with van der Waals surface area (Å²) in [6, 6.07) is 1.89.